The molecule has 0 aromatic carbocycles. The van der Waals surface area contributed by atoms with Gasteiger partial charge in [-0.3, -0.25) is 4.79 Å². The number of aliphatic carboxylic acids is 1. The number of carbonyl (C=O) groups is 1. The molecular formula is C11H15N3O3. The summed E-state index contributed by atoms with van der Waals surface area (Å²) in [4.78, 5) is 21.0. The smallest absolute Gasteiger partial charge is 0.306 e. The fourth-order valence-corrected chi connectivity index (χ4v) is 1.97. The first kappa shape index (κ1) is 11.6. The Morgan fingerprint density at radius 1 is 1.47 bits per heavy atom. The van der Waals surface area contributed by atoms with Gasteiger partial charge in [0.25, 0.3) is 0 Å². The lowest BCUT2D eigenvalue weighted by Crippen LogP contribution is -2.36. The molecule has 0 bridgehead atoms. The predicted octanol–water partition coefficient (Wildman–Crippen LogP) is 0.786. The summed E-state index contributed by atoms with van der Waals surface area (Å²) in [5.74, 6) is 0.385. The lowest BCUT2D eigenvalue weighted by molar-refractivity contribution is -0.142. The molecule has 92 valence electrons. The number of hydrogen-bond acceptors (Lipinski definition) is 5. The van der Waals surface area contributed by atoms with E-state index in [0.29, 0.717) is 31.8 Å². The van der Waals surface area contributed by atoms with Crippen molar-refractivity contribution in [2.75, 3.05) is 25.1 Å². The minimum absolute atomic E-state index is 0.227. The van der Waals surface area contributed by atoms with Crippen molar-refractivity contribution in [1.82, 2.24) is 9.97 Å². The Bertz CT molecular complexity index is 403. The number of anilines is 1. The molecule has 2 heterocycles. The van der Waals surface area contributed by atoms with Crippen LogP contribution in [-0.2, 0) is 4.79 Å². The number of rotatable bonds is 3. The molecule has 0 amide bonds. The molecule has 1 aromatic rings. The third kappa shape index (κ3) is 2.64. The summed E-state index contributed by atoms with van der Waals surface area (Å²) in [6.45, 7) is 1.41. The molecule has 1 fully saturated rings. The number of nitrogens with zero attached hydrogens (tertiary/aromatic N) is 3. The van der Waals surface area contributed by atoms with E-state index in [1.54, 1.807) is 13.2 Å². The van der Waals surface area contributed by atoms with Crippen LogP contribution >= 0.6 is 0 Å². The third-order valence-corrected chi connectivity index (χ3v) is 3.00. The van der Waals surface area contributed by atoms with E-state index < -0.39 is 5.97 Å². The van der Waals surface area contributed by atoms with Gasteiger partial charge in [-0.05, 0) is 12.8 Å². The maximum atomic E-state index is 10.8. The Hall–Kier alpha value is -1.85. The lowest BCUT2D eigenvalue weighted by Gasteiger charge is -2.30. The quantitative estimate of drug-likeness (QED) is 0.837. The van der Waals surface area contributed by atoms with Gasteiger partial charge in [-0.15, -0.1) is 0 Å². The molecule has 0 atom stereocenters. The number of carboxylic acid groups (broad SMARTS) is 1. The Morgan fingerprint density at radius 2 is 2.18 bits per heavy atom. The maximum absolute atomic E-state index is 10.8. The lowest BCUT2D eigenvalue weighted by atomic mass is 9.97. The molecule has 6 heteroatoms. The van der Waals surface area contributed by atoms with Crippen LogP contribution in [0.3, 0.4) is 0 Å². The number of ether oxygens (including phenoxy) is 1. The van der Waals surface area contributed by atoms with E-state index in [-0.39, 0.29) is 5.92 Å². The van der Waals surface area contributed by atoms with Crippen molar-refractivity contribution in [2.45, 2.75) is 12.8 Å². The van der Waals surface area contributed by atoms with E-state index in [0.717, 1.165) is 5.82 Å². The molecule has 1 N–H and O–H groups in total. The summed E-state index contributed by atoms with van der Waals surface area (Å²) in [5, 5.41) is 8.91. The van der Waals surface area contributed by atoms with E-state index in [2.05, 4.69) is 14.9 Å². The van der Waals surface area contributed by atoms with Gasteiger partial charge in [0, 0.05) is 19.2 Å². The van der Waals surface area contributed by atoms with Crippen LogP contribution in [0.2, 0.25) is 0 Å². The summed E-state index contributed by atoms with van der Waals surface area (Å²) < 4.78 is 5.03. The second kappa shape index (κ2) is 4.99. The van der Waals surface area contributed by atoms with E-state index in [1.165, 1.54) is 6.33 Å². The van der Waals surface area contributed by atoms with Crippen LogP contribution in [-0.4, -0.2) is 41.2 Å². The number of methoxy groups -OCH3 is 1. The molecule has 1 aromatic heterocycles. The molecule has 0 saturated carbocycles. The average molecular weight is 237 g/mol. The fraction of sp³-hybridized carbons (Fsp3) is 0.545. The molecule has 0 aliphatic carbocycles. The minimum atomic E-state index is -0.704. The molecule has 6 nitrogen and oxygen atoms in total. The van der Waals surface area contributed by atoms with Gasteiger partial charge in [0.1, 0.15) is 12.1 Å². The van der Waals surface area contributed by atoms with Crippen molar-refractivity contribution >= 4 is 11.8 Å². The Balaban J connectivity index is 2.02. The van der Waals surface area contributed by atoms with Gasteiger partial charge in [-0.25, -0.2) is 9.97 Å². The molecule has 1 aliphatic rings. The zero-order chi connectivity index (χ0) is 12.3. The summed E-state index contributed by atoms with van der Waals surface area (Å²) >= 11 is 0. The van der Waals surface area contributed by atoms with Crippen molar-refractivity contribution < 1.29 is 14.6 Å². The van der Waals surface area contributed by atoms with Crippen LogP contribution in [0, 0.1) is 5.92 Å². The first-order valence-corrected chi connectivity index (χ1v) is 5.54. The van der Waals surface area contributed by atoms with Crippen molar-refractivity contribution in [3.05, 3.63) is 12.4 Å². The zero-order valence-electron chi connectivity index (χ0n) is 9.67. The standard InChI is InChI=1S/C11H15N3O3/c1-17-10-6-9(12-7-13-10)14-4-2-8(3-5-14)11(15)16/h6-8H,2-5H2,1H3,(H,15,16). The van der Waals surface area contributed by atoms with Gasteiger partial charge in [0.2, 0.25) is 5.88 Å². The van der Waals surface area contributed by atoms with E-state index in [4.69, 9.17) is 9.84 Å². The van der Waals surface area contributed by atoms with Crippen LogP contribution in [0.5, 0.6) is 5.88 Å². The van der Waals surface area contributed by atoms with Gasteiger partial charge in [-0.2, -0.15) is 0 Å². The van der Waals surface area contributed by atoms with E-state index >= 15 is 0 Å². The van der Waals surface area contributed by atoms with Crippen LogP contribution in [0.25, 0.3) is 0 Å². The van der Waals surface area contributed by atoms with Crippen molar-refractivity contribution in [1.29, 1.82) is 0 Å². The fourth-order valence-electron chi connectivity index (χ4n) is 1.97. The van der Waals surface area contributed by atoms with Crippen LogP contribution in [0.1, 0.15) is 12.8 Å². The summed E-state index contributed by atoms with van der Waals surface area (Å²) in [6.07, 6.45) is 2.76. The SMILES string of the molecule is COc1cc(N2CCC(C(=O)O)CC2)ncn1. The predicted molar refractivity (Wildman–Crippen MR) is 61.2 cm³/mol. The van der Waals surface area contributed by atoms with Crippen LogP contribution in [0.4, 0.5) is 5.82 Å². The maximum Gasteiger partial charge on any atom is 0.306 e. The largest absolute Gasteiger partial charge is 0.481 e. The highest BCUT2D eigenvalue weighted by atomic mass is 16.5. The summed E-state index contributed by atoms with van der Waals surface area (Å²) in [5.41, 5.74) is 0. The van der Waals surface area contributed by atoms with Crippen LogP contribution in [0.15, 0.2) is 12.4 Å². The Labute approximate surface area is 99.2 Å². The second-order valence-corrected chi connectivity index (χ2v) is 4.02. The van der Waals surface area contributed by atoms with Gasteiger partial charge < -0.3 is 14.7 Å². The van der Waals surface area contributed by atoms with E-state index in [1.807, 2.05) is 0 Å². The Morgan fingerprint density at radius 3 is 2.76 bits per heavy atom. The molecule has 0 unspecified atom stereocenters. The van der Waals surface area contributed by atoms with E-state index in [9.17, 15) is 4.79 Å². The number of carboxylic acids is 1. The number of piperidine rings is 1. The van der Waals surface area contributed by atoms with Gasteiger partial charge >= 0.3 is 5.97 Å². The average Bonchev–Trinajstić information content (AvgIpc) is 2.39. The topological polar surface area (TPSA) is 75.5 Å². The Kier molecular flexibility index (Phi) is 3.41. The molecule has 0 radical (unpaired) electrons. The van der Waals surface area contributed by atoms with Gasteiger partial charge in [0.15, 0.2) is 0 Å². The molecule has 1 aliphatic heterocycles. The minimum Gasteiger partial charge on any atom is -0.481 e. The first-order valence-electron chi connectivity index (χ1n) is 5.54. The molecule has 17 heavy (non-hydrogen) atoms. The van der Waals surface area contributed by atoms with Gasteiger partial charge in [0.05, 0.1) is 13.0 Å². The molecule has 0 spiro atoms. The zero-order valence-corrected chi connectivity index (χ0v) is 9.67. The monoisotopic (exact) mass is 237 g/mol. The highest BCUT2D eigenvalue weighted by molar-refractivity contribution is 5.70. The molecule has 1 saturated heterocycles. The first-order chi connectivity index (χ1) is 8.20. The third-order valence-electron chi connectivity index (χ3n) is 3.00. The normalized spacial score (nSPS) is 16.9. The molecule has 2 rings (SSSR count). The highest BCUT2D eigenvalue weighted by Gasteiger charge is 2.25. The van der Waals surface area contributed by atoms with Crippen molar-refractivity contribution in [3.63, 3.8) is 0 Å². The van der Waals surface area contributed by atoms with Crippen molar-refractivity contribution in [2.24, 2.45) is 5.92 Å². The summed E-state index contributed by atoms with van der Waals surface area (Å²) in [6, 6.07) is 1.76. The highest BCUT2D eigenvalue weighted by Crippen LogP contribution is 2.23. The van der Waals surface area contributed by atoms with Crippen molar-refractivity contribution in [3.8, 4) is 5.88 Å². The number of aromatic nitrogens is 2. The van der Waals surface area contributed by atoms with Crippen LogP contribution < -0.4 is 9.64 Å². The summed E-state index contributed by atoms with van der Waals surface area (Å²) in [7, 11) is 1.56. The molecular weight excluding hydrogens is 222 g/mol. The number of hydrogen-bond donors (Lipinski definition) is 1. The van der Waals surface area contributed by atoms with Gasteiger partial charge in [-0.1, -0.05) is 0 Å². The second-order valence-electron chi connectivity index (χ2n) is 4.02.